The molecule has 0 saturated heterocycles. The Bertz CT molecular complexity index is 416. The first kappa shape index (κ1) is 14.4. The molecule has 0 bridgehead atoms. The molecule has 0 amide bonds. The van der Waals surface area contributed by atoms with E-state index in [9.17, 15) is 26.7 Å². The van der Waals surface area contributed by atoms with Crippen LogP contribution in [0.5, 0.6) is 5.75 Å². The van der Waals surface area contributed by atoms with E-state index < -0.39 is 25.4 Å². The van der Waals surface area contributed by atoms with Crippen LogP contribution in [0.1, 0.15) is 10.4 Å². The molecule has 0 aliphatic rings. The largest absolute Gasteiger partial charge is 0.522 e. The van der Waals surface area contributed by atoms with Crippen LogP contribution >= 0.6 is 0 Å². The molecule has 0 aromatic heterocycles. The predicted molar refractivity (Wildman–Crippen MR) is 49.4 cm³/mol. The van der Waals surface area contributed by atoms with E-state index in [4.69, 9.17) is 0 Å². The number of Topliss-reactive ketones (excluding diaryl/α,β-unsaturated/α-hetero) is 1. The lowest BCUT2D eigenvalue weighted by Crippen LogP contribution is -2.19. The highest BCUT2D eigenvalue weighted by Crippen LogP contribution is 2.19. The molecule has 0 saturated carbocycles. The van der Waals surface area contributed by atoms with Crippen LogP contribution < -0.4 is 4.74 Å². The molecule has 8 heteroatoms. The molecular formula is C10H7F5O3. The second kappa shape index (κ2) is 5.76. The first-order valence-electron chi connectivity index (χ1n) is 4.57. The van der Waals surface area contributed by atoms with Gasteiger partial charge in [0.15, 0.2) is 5.78 Å². The summed E-state index contributed by atoms with van der Waals surface area (Å²) in [6, 6.07) is 4.43. The molecular weight excluding hydrogens is 263 g/mol. The van der Waals surface area contributed by atoms with Crippen molar-refractivity contribution in [3.8, 4) is 5.75 Å². The van der Waals surface area contributed by atoms with Crippen molar-refractivity contribution in [1.82, 2.24) is 0 Å². The highest BCUT2D eigenvalue weighted by Gasteiger charge is 2.30. The fourth-order valence-electron chi connectivity index (χ4n) is 1.08. The number of ether oxygens (including phenoxy) is 2. The van der Waals surface area contributed by atoms with E-state index in [1.54, 1.807) is 0 Å². The maximum absolute atomic E-state index is 11.9. The van der Waals surface area contributed by atoms with Crippen molar-refractivity contribution in [1.29, 1.82) is 0 Å². The SMILES string of the molecule is O=C(COC(F)(F)F)c1cccc(OC(F)F)c1. The summed E-state index contributed by atoms with van der Waals surface area (Å²) in [5, 5.41) is 0. The summed E-state index contributed by atoms with van der Waals surface area (Å²) >= 11 is 0. The maximum atomic E-state index is 11.9. The fourth-order valence-corrected chi connectivity index (χ4v) is 1.08. The van der Waals surface area contributed by atoms with Crippen LogP contribution in [0.2, 0.25) is 0 Å². The van der Waals surface area contributed by atoms with Crippen LogP contribution in [-0.4, -0.2) is 25.4 Å². The highest BCUT2D eigenvalue weighted by atomic mass is 19.4. The van der Waals surface area contributed by atoms with Gasteiger partial charge in [0, 0.05) is 5.56 Å². The van der Waals surface area contributed by atoms with Gasteiger partial charge in [0.05, 0.1) is 0 Å². The van der Waals surface area contributed by atoms with Crippen molar-refractivity contribution in [2.45, 2.75) is 13.0 Å². The monoisotopic (exact) mass is 270 g/mol. The van der Waals surface area contributed by atoms with Gasteiger partial charge in [-0.3, -0.25) is 9.53 Å². The van der Waals surface area contributed by atoms with Crippen molar-refractivity contribution in [3.63, 3.8) is 0 Å². The van der Waals surface area contributed by atoms with Gasteiger partial charge in [0.25, 0.3) is 0 Å². The smallest absolute Gasteiger partial charge is 0.435 e. The minimum absolute atomic E-state index is 0.211. The van der Waals surface area contributed by atoms with E-state index in [1.165, 1.54) is 12.1 Å². The normalized spacial score (nSPS) is 11.7. The zero-order valence-electron chi connectivity index (χ0n) is 8.71. The molecule has 0 unspecified atom stereocenters. The summed E-state index contributed by atoms with van der Waals surface area (Å²) < 4.78 is 66.1. The van der Waals surface area contributed by atoms with Crippen molar-refractivity contribution in [2.24, 2.45) is 0 Å². The minimum Gasteiger partial charge on any atom is -0.435 e. The number of carbonyl (C=O) groups is 1. The molecule has 100 valence electrons. The van der Waals surface area contributed by atoms with Crippen molar-refractivity contribution < 1.29 is 36.2 Å². The van der Waals surface area contributed by atoms with Gasteiger partial charge in [0.2, 0.25) is 0 Å². The van der Waals surface area contributed by atoms with Crippen LogP contribution in [-0.2, 0) is 4.74 Å². The van der Waals surface area contributed by atoms with Gasteiger partial charge >= 0.3 is 13.0 Å². The molecule has 0 aliphatic carbocycles. The zero-order valence-corrected chi connectivity index (χ0v) is 8.71. The van der Waals surface area contributed by atoms with Gasteiger partial charge in [-0.05, 0) is 12.1 Å². The molecule has 1 aromatic rings. The Labute approximate surface area is 98.1 Å². The molecule has 0 fully saturated rings. The molecule has 0 radical (unpaired) electrons. The second-order valence-electron chi connectivity index (χ2n) is 3.06. The molecule has 18 heavy (non-hydrogen) atoms. The average Bonchev–Trinajstić information content (AvgIpc) is 2.24. The summed E-state index contributed by atoms with van der Waals surface area (Å²) in [4.78, 5) is 11.3. The van der Waals surface area contributed by atoms with Gasteiger partial charge in [-0.2, -0.15) is 8.78 Å². The Morgan fingerprint density at radius 3 is 2.50 bits per heavy atom. The van der Waals surface area contributed by atoms with E-state index in [1.807, 2.05) is 0 Å². The van der Waals surface area contributed by atoms with E-state index in [-0.39, 0.29) is 11.3 Å². The van der Waals surface area contributed by atoms with Crippen LogP contribution in [0.15, 0.2) is 24.3 Å². The first-order chi connectivity index (χ1) is 8.28. The highest BCUT2D eigenvalue weighted by molar-refractivity contribution is 5.97. The van der Waals surface area contributed by atoms with Crippen LogP contribution in [0, 0.1) is 0 Å². The number of benzene rings is 1. The number of hydrogen-bond acceptors (Lipinski definition) is 3. The average molecular weight is 270 g/mol. The van der Waals surface area contributed by atoms with E-state index in [2.05, 4.69) is 9.47 Å². The lowest BCUT2D eigenvalue weighted by Gasteiger charge is -2.08. The van der Waals surface area contributed by atoms with Gasteiger partial charge in [-0.1, -0.05) is 12.1 Å². The standard InChI is InChI=1S/C10H7F5O3/c11-9(12)18-7-3-1-2-6(4-7)8(16)5-17-10(13,14)15/h1-4,9H,5H2. The molecule has 0 aliphatic heterocycles. The molecule has 3 nitrogen and oxygen atoms in total. The molecule has 0 N–H and O–H groups in total. The van der Waals surface area contributed by atoms with Crippen molar-refractivity contribution in [3.05, 3.63) is 29.8 Å². The topological polar surface area (TPSA) is 35.5 Å². The minimum atomic E-state index is -4.92. The first-order valence-corrected chi connectivity index (χ1v) is 4.57. The molecule has 0 heterocycles. The van der Waals surface area contributed by atoms with E-state index in [0.717, 1.165) is 12.1 Å². The number of rotatable bonds is 5. The third kappa shape index (κ3) is 5.09. The number of carbonyl (C=O) groups excluding carboxylic acids is 1. The zero-order chi connectivity index (χ0) is 13.8. The Kier molecular flexibility index (Phi) is 4.60. The maximum Gasteiger partial charge on any atom is 0.522 e. The molecule has 1 rings (SSSR count). The van der Waals surface area contributed by atoms with Gasteiger partial charge in [0.1, 0.15) is 12.4 Å². The van der Waals surface area contributed by atoms with E-state index >= 15 is 0 Å². The summed E-state index contributed by atoms with van der Waals surface area (Å²) in [7, 11) is 0. The third-order valence-corrected chi connectivity index (χ3v) is 1.75. The number of halogens is 5. The molecule has 1 aromatic carbocycles. The second-order valence-corrected chi connectivity index (χ2v) is 3.06. The summed E-state index contributed by atoms with van der Waals surface area (Å²) in [6.07, 6.45) is -4.92. The summed E-state index contributed by atoms with van der Waals surface area (Å²) in [5.41, 5.74) is -0.211. The quantitative estimate of drug-likeness (QED) is 0.609. The molecule has 0 spiro atoms. The van der Waals surface area contributed by atoms with Gasteiger partial charge in [-0.25, -0.2) is 0 Å². The van der Waals surface area contributed by atoms with E-state index in [0.29, 0.717) is 0 Å². The summed E-state index contributed by atoms with van der Waals surface area (Å²) in [5.74, 6) is -1.31. The fraction of sp³-hybridized carbons (Fsp3) is 0.300. The van der Waals surface area contributed by atoms with Crippen LogP contribution in [0.3, 0.4) is 0 Å². The number of hydrogen-bond donors (Lipinski definition) is 0. The predicted octanol–water partition coefficient (Wildman–Crippen LogP) is 3.01. The van der Waals surface area contributed by atoms with Crippen LogP contribution in [0.4, 0.5) is 22.0 Å². The lowest BCUT2D eigenvalue weighted by molar-refractivity contribution is -0.318. The van der Waals surface area contributed by atoms with Crippen molar-refractivity contribution >= 4 is 5.78 Å². The number of alkyl halides is 5. The van der Waals surface area contributed by atoms with Gasteiger partial charge in [-0.15, -0.1) is 13.2 Å². The Morgan fingerprint density at radius 2 is 1.94 bits per heavy atom. The Balaban J connectivity index is 2.68. The third-order valence-electron chi connectivity index (χ3n) is 1.75. The molecule has 0 atom stereocenters. The summed E-state index contributed by atoms with van der Waals surface area (Å²) in [6.45, 7) is -4.30. The number of ketones is 1. The van der Waals surface area contributed by atoms with Crippen molar-refractivity contribution in [2.75, 3.05) is 6.61 Å². The van der Waals surface area contributed by atoms with Gasteiger partial charge < -0.3 is 4.74 Å². The Hall–Kier alpha value is -1.70. The van der Waals surface area contributed by atoms with Crippen LogP contribution in [0.25, 0.3) is 0 Å². The lowest BCUT2D eigenvalue weighted by atomic mass is 10.1. The Morgan fingerprint density at radius 1 is 1.28 bits per heavy atom.